The molecule has 4 atom stereocenters. The van der Waals surface area contributed by atoms with Crippen molar-refractivity contribution in [3.8, 4) is 0 Å². The molecule has 0 aliphatic carbocycles. The molecule has 0 amide bonds. The Morgan fingerprint density at radius 3 is 2.80 bits per heavy atom. The molecule has 136 valence electrons. The van der Waals surface area contributed by atoms with Gasteiger partial charge in [0.1, 0.15) is 18.5 Å². The van der Waals surface area contributed by atoms with Gasteiger partial charge in [-0.25, -0.2) is 4.98 Å². The summed E-state index contributed by atoms with van der Waals surface area (Å²) in [6, 6.07) is 0. The number of hydrogen-bond donors (Lipinski definition) is 6. The van der Waals surface area contributed by atoms with Crippen molar-refractivity contribution in [3.05, 3.63) is 19.0 Å². The molecule has 1 saturated heterocycles. The fourth-order valence-electron chi connectivity index (χ4n) is 2.82. The van der Waals surface area contributed by atoms with Crippen LogP contribution in [0.1, 0.15) is 6.92 Å². The highest BCUT2D eigenvalue weighted by molar-refractivity contribution is 5.84. The quantitative estimate of drug-likeness (QED) is 0.334. The van der Waals surface area contributed by atoms with Crippen molar-refractivity contribution in [3.63, 3.8) is 0 Å². The van der Waals surface area contributed by atoms with Crippen molar-refractivity contribution in [1.29, 1.82) is 0 Å². The second-order valence-corrected chi connectivity index (χ2v) is 5.93. The van der Waals surface area contributed by atoms with Crippen LogP contribution in [-0.4, -0.2) is 70.9 Å². The Kier molecular flexibility index (Phi) is 4.13. The number of nitrogens with one attached hydrogen (secondary N) is 1. The number of imidazole rings is 1. The zero-order valence-electron chi connectivity index (χ0n) is 13.5. The molecule has 25 heavy (non-hydrogen) atoms. The number of aliphatic hydroxyl groups is 4. The lowest BCUT2D eigenvalue weighted by Crippen LogP contribution is -2.55. The summed E-state index contributed by atoms with van der Waals surface area (Å²) in [7, 11) is 0. The van der Waals surface area contributed by atoms with Gasteiger partial charge in [-0.1, -0.05) is 6.08 Å². The molecule has 0 spiro atoms. The van der Waals surface area contributed by atoms with Crippen LogP contribution in [-0.2, 0) is 10.6 Å². The summed E-state index contributed by atoms with van der Waals surface area (Å²) >= 11 is 0. The van der Waals surface area contributed by atoms with Gasteiger partial charge in [-0.2, -0.15) is 9.97 Å². The number of aliphatic hydroxyl groups excluding tert-OH is 2. The van der Waals surface area contributed by atoms with Gasteiger partial charge in [0.2, 0.25) is 5.95 Å². The van der Waals surface area contributed by atoms with Crippen molar-refractivity contribution in [2.75, 3.05) is 24.2 Å². The molecule has 1 aliphatic heterocycles. The summed E-state index contributed by atoms with van der Waals surface area (Å²) in [5.74, 6) is -2.21. The molecule has 2 aromatic rings. The highest BCUT2D eigenvalue weighted by Gasteiger charge is 2.64. The van der Waals surface area contributed by atoms with E-state index in [4.69, 9.17) is 10.5 Å². The Labute approximate surface area is 142 Å². The minimum absolute atomic E-state index is 0.0765. The molecule has 0 aromatic carbocycles. The third-order valence-corrected chi connectivity index (χ3v) is 4.24. The number of anilines is 2. The molecule has 11 nitrogen and oxygen atoms in total. The molecule has 1 aliphatic rings. The lowest BCUT2D eigenvalue weighted by atomic mass is 9.94. The van der Waals surface area contributed by atoms with Crippen LogP contribution in [0.3, 0.4) is 0 Å². The first-order valence-electron chi connectivity index (χ1n) is 7.53. The average Bonchev–Trinajstić information content (AvgIpc) is 3.06. The molecule has 2 aromatic heterocycles. The monoisotopic (exact) mass is 352 g/mol. The van der Waals surface area contributed by atoms with Gasteiger partial charge in [-0.15, -0.1) is 6.58 Å². The second-order valence-electron chi connectivity index (χ2n) is 5.93. The summed E-state index contributed by atoms with van der Waals surface area (Å²) in [5, 5.41) is 43.9. The van der Waals surface area contributed by atoms with Gasteiger partial charge in [0, 0.05) is 6.54 Å². The fourth-order valence-corrected chi connectivity index (χ4v) is 2.82. The summed E-state index contributed by atoms with van der Waals surface area (Å²) < 4.78 is 6.37. The molecule has 0 radical (unpaired) electrons. The standard InChI is InChI=1S/C14H20N6O5/c1-3-4-16-10-8-11(19-12(15)18-10)20(6-17-8)14(24)13(2,23)9(22)7(5-21)25-14/h3,6-7,9,21-24H,1,4-5H2,2H3,(H3,15,16,18,19)/t7-,9-,13-,14+/m1/s1. The van der Waals surface area contributed by atoms with Crippen LogP contribution in [0.5, 0.6) is 0 Å². The van der Waals surface area contributed by atoms with E-state index in [-0.39, 0.29) is 17.1 Å². The predicted octanol–water partition coefficient (Wildman–Crippen LogP) is -1.89. The lowest BCUT2D eigenvalue weighted by molar-refractivity contribution is -0.317. The Balaban J connectivity index is 2.16. The van der Waals surface area contributed by atoms with E-state index in [0.717, 1.165) is 4.57 Å². The van der Waals surface area contributed by atoms with Gasteiger partial charge >= 0.3 is 0 Å². The molecule has 0 bridgehead atoms. The Morgan fingerprint density at radius 1 is 1.48 bits per heavy atom. The van der Waals surface area contributed by atoms with Crippen LogP contribution in [0, 0.1) is 0 Å². The van der Waals surface area contributed by atoms with Crippen LogP contribution >= 0.6 is 0 Å². The second kappa shape index (κ2) is 5.89. The number of rotatable bonds is 5. The van der Waals surface area contributed by atoms with Crippen LogP contribution in [0.4, 0.5) is 11.8 Å². The van der Waals surface area contributed by atoms with Gasteiger partial charge in [0.05, 0.1) is 6.61 Å². The van der Waals surface area contributed by atoms with Gasteiger partial charge < -0.3 is 36.2 Å². The number of hydrogen-bond acceptors (Lipinski definition) is 10. The van der Waals surface area contributed by atoms with Gasteiger partial charge in [0.25, 0.3) is 5.91 Å². The Hall–Kier alpha value is -2.31. The van der Waals surface area contributed by atoms with Gasteiger partial charge in [0.15, 0.2) is 22.6 Å². The zero-order chi connectivity index (χ0) is 18.4. The van der Waals surface area contributed by atoms with Crippen molar-refractivity contribution in [1.82, 2.24) is 19.5 Å². The van der Waals surface area contributed by atoms with Crippen molar-refractivity contribution >= 4 is 22.9 Å². The van der Waals surface area contributed by atoms with E-state index in [1.54, 1.807) is 6.08 Å². The summed E-state index contributed by atoms with van der Waals surface area (Å²) in [4.78, 5) is 12.2. The first-order chi connectivity index (χ1) is 11.8. The number of aromatic nitrogens is 4. The zero-order valence-corrected chi connectivity index (χ0v) is 13.5. The average molecular weight is 352 g/mol. The maximum Gasteiger partial charge on any atom is 0.288 e. The Bertz CT molecular complexity index is 808. The van der Waals surface area contributed by atoms with E-state index in [0.29, 0.717) is 12.4 Å². The lowest BCUT2D eigenvalue weighted by Gasteiger charge is -2.35. The van der Waals surface area contributed by atoms with Crippen LogP contribution in [0.25, 0.3) is 11.2 Å². The van der Waals surface area contributed by atoms with Crippen molar-refractivity contribution in [2.24, 2.45) is 0 Å². The number of nitrogen functional groups attached to an aromatic ring is 1. The van der Waals surface area contributed by atoms with Crippen LogP contribution in [0.2, 0.25) is 0 Å². The van der Waals surface area contributed by atoms with E-state index in [2.05, 4.69) is 26.8 Å². The number of fused-ring (bicyclic) bond motifs is 1. The molecule has 7 N–H and O–H groups in total. The van der Waals surface area contributed by atoms with Gasteiger partial charge in [-0.3, -0.25) is 4.57 Å². The number of ether oxygens (including phenoxy) is 1. The summed E-state index contributed by atoms with van der Waals surface area (Å²) in [6.07, 6.45) is 0.0492. The molecule has 3 rings (SSSR count). The maximum atomic E-state index is 10.9. The maximum absolute atomic E-state index is 10.9. The highest BCUT2D eigenvalue weighted by atomic mass is 16.7. The molecule has 0 saturated carbocycles. The molecular formula is C14H20N6O5. The molecule has 3 heterocycles. The summed E-state index contributed by atoms with van der Waals surface area (Å²) in [5.41, 5.74) is 3.91. The first-order valence-corrected chi connectivity index (χ1v) is 7.53. The van der Waals surface area contributed by atoms with Crippen molar-refractivity contribution < 1.29 is 25.2 Å². The van der Waals surface area contributed by atoms with E-state index < -0.39 is 30.3 Å². The molecule has 11 heteroatoms. The normalized spacial score (nSPS) is 32.2. The van der Waals surface area contributed by atoms with E-state index >= 15 is 0 Å². The molecule has 0 unspecified atom stereocenters. The first kappa shape index (κ1) is 17.5. The predicted molar refractivity (Wildman–Crippen MR) is 87.2 cm³/mol. The summed E-state index contributed by atoms with van der Waals surface area (Å²) in [6.45, 7) is 4.57. The smallest absolute Gasteiger partial charge is 0.288 e. The number of nitrogens with two attached hydrogens (primary N) is 1. The SMILES string of the molecule is C=CCNc1nc(N)nc2c1ncn2[C@@]1(O)O[C@H](CO)[C@@H](O)[C@@]1(C)O. The third kappa shape index (κ3) is 2.44. The third-order valence-electron chi connectivity index (χ3n) is 4.24. The van der Waals surface area contributed by atoms with E-state index in [1.807, 2.05) is 0 Å². The topological polar surface area (TPSA) is 172 Å². The fraction of sp³-hybridized carbons (Fsp3) is 0.500. The molecule has 1 fully saturated rings. The van der Waals surface area contributed by atoms with Gasteiger partial charge in [-0.05, 0) is 6.92 Å². The van der Waals surface area contributed by atoms with Crippen LogP contribution in [0.15, 0.2) is 19.0 Å². The Morgan fingerprint density at radius 2 is 2.20 bits per heavy atom. The van der Waals surface area contributed by atoms with E-state index in [1.165, 1.54) is 13.3 Å². The minimum Gasteiger partial charge on any atom is -0.394 e. The van der Waals surface area contributed by atoms with E-state index in [9.17, 15) is 20.4 Å². The molecular weight excluding hydrogens is 332 g/mol. The van der Waals surface area contributed by atoms with Crippen LogP contribution < -0.4 is 11.1 Å². The largest absolute Gasteiger partial charge is 0.394 e. The highest BCUT2D eigenvalue weighted by Crippen LogP contribution is 2.43. The number of nitrogens with zero attached hydrogens (tertiary/aromatic N) is 4. The van der Waals surface area contributed by atoms with Crippen molar-refractivity contribution in [2.45, 2.75) is 30.6 Å². The minimum atomic E-state index is -2.43.